The quantitative estimate of drug-likeness (QED) is 0.487. The number of aliphatic imine (C=N–C) groups is 1. The van der Waals surface area contributed by atoms with Crippen LogP contribution in [0, 0.1) is 0 Å². The van der Waals surface area contributed by atoms with Gasteiger partial charge in [-0.15, -0.1) is 0 Å². The van der Waals surface area contributed by atoms with Gasteiger partial charge in [0.1, 0.15) is 0 Å². The van der Waals surface area contributed by atoms with E-state index in [-0.39, 0.29) is 6.10 Å². The van der Waals surface area contributed by atoms with Gasteiger partial charge in [-0.05, 0) is 62.8 Å². The van der Waals surface area contributed by atoms with Crippen molar-refractivity contribution in [3.05, 3.63) is 35.0 Å². The van der Waals surface area contributed by atoms with Crippen LogP contribution < -0.4 is 10.6 Å². The molecule has 6 heteroatoms. The van der Waals surface area contributed by atoms with E-state index in [4.69, 9.17) is 16.6 Å². The third kappa shape index (κ3) is 4.89. The molecule has 1 fully saturated rings. The highest BCUT2D eigenvalue weighted by molar-refractivity contribution is 6.31. The third-order valence-corrected chi connectivity index (χ3v) is 5.00. The molecular formula is C19H27ClN4O. The Morgan fingerprint density at radius 1 is 1.32 bits per heavy atom. The van der Waals surface area contributed by atoms with Gasteiger partial charge in [0.25, 0.3) is 0 Å². The van der Waals surface area contributed by atoms with Crippen LogP contribution in [-0.2, 0) is 6.42 Å². The number of aromatic amines is 1. The maximum absolute atomic E-state index is 9.63. The summed E-state index contributed by atoms with van der Waals surface area (Å²) < 4.78 is 0. The van der Waals surface area contributed by atoms with Crippen molar-refractivity contribution >= 4 is 28.5 Å². The molecule has 5 nitrogen and oxygen atoms in total. The zero-order valence-corrected chi connectivity index (χ0v) is 15.4. The van der Waals surface area contributed by atoms with Gasteiger partial charge >= 0.3 is 0 Å². The van der Waals surface area contributed by atoms with E-state index in [0.29, 0.717) is 12.6 Å². The second-order valence-corrected chi connectivity index (χ2v) is 7.10. The van der Waals surface area contributed by atoms with Gasteiger partial charge in [0.15, 0.2) is 5.96 Å². The molecule has 25 heavy (non-hydrogen) atoms. The van der Waals surface area contributed by atoms with E-state index in [9.17, 15) is 5.11 Å². The maximum atomic E-state index is 9.63. The van der Waals surface area contributed by atoms with Crippen LogP contribution in [0.3, 0.4) is 0 Å². The van der Waals surface area contributed by atoms with Crippen molar-refractivity contribution in [2.45, 2.75) is 51.2 Å². The van der Waals surface area contributed by atoms with Crippen molar-refractivity contribution in [2.75, 3.05) is 13.1 Å². The Morgan fingerprint density at radius 2 is 2.12 bits per heavy atom. The molecule has 1 aromatic carbocycles. The van der Waals surface area contributed by atoms with Crippen LogP contribution in [0.5, 0.6) is 0 Å². The minimum absolute atomic E-state index is 0.133. The van der Waals surface area contributed by atoms with Gasteiger partial charge in [0.05, 0.1) is 6.10 Å². The number of guanidine groups is 1. The number of fused-ring (bicyclic) bond motifs is 1. The predicted molar refractivity (Wildman–Crippen MR) is 104 cm³/mol. The highest BCUT2D eigenvalue weighted by atomic mass is 35.5. The summed E-state index contributed by atoms with van der Waals surface area (Å²) in [5.41, 5.74) is 2.34. The first kappa shape index (κ1) is 18.1. The smallest absolute Gasteiger partial charge is 0.191 e. The first-order chi connectivity index (χ1) is 12.2. The predicted octanol–water partition coefficient (Wildman–Crippen LogP) is 3.22. The Balaban J connectivity index is 1.60. The molecular weight excluding hydrogens is 336 g/mol. The molecule has 0 unspecified atom stereocenters. The summed E-state index contributed by atoms with van der Waals surface area (Å²) in [5, 5.41) is 18.4. The first-order valence-electron chi connectivity index (χ1n) is 9.14. The lowest BCUT2D eigenvalue weighted by atomic mass is 9.93. The average Bonchev–Trinajstić information content (AvgIpc) is 2.99. The van der Waals surface area contributed by atoms with E-state index in [1.54, 1.807) is 0 Å². The minimum Gasteiger partial charge on any atom is -0.393 e. The topological polar surface area (TPSA) is 72.4 Å². The van der Waals surface area contributed by atoms with Crippen LogP contribution in [0.15, 0.2) is 29.4 Å². The summed E-state index contributed by atoms with van der Waals surface area (Å²) in [6, 6.07) is 6.31. The van der Waals surface area contributed by atoms with Crippen molar-refractivity contribution in [1.82, 2.24) is 15.6 Å². The number of hydrogen-bond donors (Lipinski definition) is 4. The number of aliphatic hydroxyl groups excluding tert-OH is 1. The van der Waals surface area contributed by atoms with Crippen LogP contribution in [0.2, 0.25) is 5.02 Å². The van der Waals surface area contributed by atoms with Crippen LogP contribution in [0.25, 0.3) is 10.9 Å². The maximum Gasteiger partial charge on any atom is 0.191 e. The lowest BCUT2D eigenvalue weighted by Crippen LogP contribution is -2.45. The van der Waals surface area contributed by atoms with Gasteiger partial charge in [-0.1, -0.05) is 11.6 Å². The van der Waals surface area contributed by atoms with Crippen LogP contribution in [0.1, 0.15) is 38.2 Å². The molecule has 0 atom stereocenters. The fourth-order valence-electron chi connectivity index (χ4n) is 3.38. The van der Waals surface area contributed by atoms with E-state index < -0.39 is 0 Å². The number of nitrogens with zero attached hydrogens (tertiary/aromatic N) is 1. The number of aromatic nitrogens is 1. The molecule has 0 spiro atoms. The standard InChI is InChI=1S/C19H27ClN4O/c1-2-21-19(24-15-4-6-16(25)7-5-15)22-10-9-13-12-23-18-8-3-14(20)11-17(13)18/h3,8,11-12,15-16,23,25H,2,4-7,9-10H2,1H3,(H2,21,22,24). The van der Waals surface area contributed by atoms with Crippen molar-refractivity contribution < 1.29 is 5.11 Å². The lowest BCUT2D eigenvalue weighted by Gasteiger charge is -2.27. The largest absolute Gasteiger partial charge is 0.393 e. The monoisotopic (exact) mass is 362 g/mol. The number of rotatable bonds is 5. The minimum atomic E-state index is -0.133. The molecule has 4 N–H and O–H groups in total. The summed E-state index contributed by atoms with van der Waals surface area (Å²) in [5.74, 6) is 0.863. The Labute approximate surface area is 153 Å². The van der Waals surface area contributed by atoms with E-state index in [0.717, 1.165) is 55.1 Å². The Morgan fingerprint density at radius 3 is 2.88 bits per heavy atom. The Kier molecular flexibility index (Phi) is 6.21. The van der Waals surface area contributed by atoms with E-state index in [1.165, 1.54) is 10.9 Å². The van der Waals surface area contributed by atoms with Crippen LogP contribution >= 0.6 is 11.6 Å². The van der Waals surface area contributed by atoms with Crippen LogP contribution in [0.4, 0.5) is 0 Å². The summed E-state index contributed by atoms with van der Waals surface area (Å²) in [6.07, 6.45) is 6.49. The van der Waals surface area contributed by atoms with Gasteiger partial charge < -0.3 is 20.7 Å². The van der Waals surface area contributed by atoms with E-state index >= 15 is 0 Å². The lowest BCUT2D eigenvalue weighted by molar-refractivity contribution is 0.120. The molecule has 1 saturated carbocycles. The molecule has 1 aliphatic carbocycles. The van der Waals surface area contributed by atoms with Crippen molar-refractivity contribution in [1.29, 1.82) is 0 Å². The van der Waals surface area contributed by atoms with Crippen molar-refractivity contribution in [3.8, 4) is 0 Å². The Hall–Kier alpha value is -1.72. The number of nitrogens with one attached hydrogen (secondary N) is 3. The number of H-pyrrole nitrogens is 1. The Bertz CT molecular complexity index is 719. The summed E-state index contributed by atoms with van der Waals surface area (Å²) >= 11 is 6.11. The van der Waals surface area contributed by atoms with Gasteiger partial charge in [0, 0.05) is 41.3 Å². The summed E-state index contributed by atoms with van der Waals surface area (Å²) in [6.45, 7) is 3.62. The molecule has 1 aliphatic rings. The first-order valence-corrected chi connectivity index (χ1v) is 9.52. The van der Waals surface area contributed by atoms with Gasteiger partial charge in [-0.25, -0.2) is 0 Å². The number of aliphatic hydroxyl groups is 1. The molecule has 3 rings (SSSR count). The number of halogens is 1. The molecule has 136 valence electrons. The van der Waals surface area contributed by atoms with Gasteiger partial charge in [-0.2, -0.15) is 0 Å². The molecule has 1 aromatic heterocycles. The van der Waals surface area contributed by atoms with Crippen LogP contribution in [-0.4, -0.2) is 41.3 Å². The van der Waals surface area contributed by atoms with Gasteiger partial charge in [0.2, 0.25) is 0 Å². The average molecular weight is 363 g/mol. The molecule has 0 saturated heterocycles. The van der Waals surface area contributed by atoms with E-state index in [2.05, 4.69) is 22.5 Å². The number of hydrogen-bond acceptors (Lipinski definition) is 2. The highest BCUT2D eigenvalue weighted by Crippen LogP contribution is 2.22. The zero-order valence-electron chi connectivity index (χ0n) is 14.7. The number of benzene rings is 1. The normalized spacial score (nSPS) is 21.5. The molecule has 2 aromatic rings. The summed E-state index contributed by atoms with van der Waals surface area (Å²) in [4.78, 5) is 8.00. The molecule has 0 bridgehead atoms. The van der Waals surface area contributed by atoms with Crippen molar-refractivity contribution in [2.24, 2.45) is 4.99 Å². The molecule has 0 amide bonds. The molecule has 0 aliphatic heterocycles. The fraction of sp³-hybridized carbons (Fsp3) is 0.526. The van der Waals surface area contributed by atoms with Gasteiger partial charge in [-0.3, -0.25) is 4.99 Å². The summed E-state index contributed by atoms with van der Waals surface area (Å²) in [7, 11) is 0. The second-order valence-electron chi connectivity index (χ2n) is 6.66. The van der Waals surface area contributed by atoms with E-state index in [1.807, 2.05) is 24.4 Å². The SMILES string of the molecule is CCNC(=NCCc1c[nH]c2ccc(Cl)cc12)NC1CCC(O)CC1. The zero-order chi connectivity index (χ0) is 17.6. The third-order valence-electron chi connectivity index (χ3n) is 4.76. The molecule has 0 radical (unpaired) electrons. The fourth-order valence-corrected chi connectivity index (χ4v) is 3.55. The second kappa shape index (κ2) is 8.59. The highest BCUT2D eigenvalue weighted by Gasteiger charge is 2.19. The van der Waals surface area contributed by atoms with Crippen molar-refractivity contribution in [3.63, 3.8) is 0 Å². The molecule has 1 heterocycles.